The lowest BCUT2D eigenvalue weighted by molar-refractivity contribution is 0.0433. The first kappa shape index (κ1) is 18.7. The predicted molar refractivity (Wildman–Crippen MR) is 99.1 cm³/mol. The first-order chi connectivity index (χ1) is 12.3. The molecule has 144 valence electrons. The second-order valence-corrected chi connectivity index (χ2v) is 8.27. The van der Waals surface area contributed by atoms with Crippen LogP contribution in [0, 0.1) is 11.8 Å². The number of aromatic nitrogens is 2. The molecule has 0 unspecified atom stereocenters. The van der Waals surface area contributed by atoms with E-state index in [-0.39, 0.29) is 18.2 Å². The summed E-state index contributed by atoms with van der Waals surface area (Å²) in [6.07, 6.45) is 4.55. The van der Waals surface area contributed by atoms with E-state index in [9.17, 15) is 4.79 Å². The average Bonchev–Trinajstić information content (AvgIpc) is 3.20. The van der Waals surface area contributed by atoms with Crippen LogP contribution in [0.15, 0.2) is 17.3 Å². The molecule has 1 aromatic rings. The van der Waals surface area contributed by atoms with Gasteiger partial charge in [-0.05, 0) is 58.9 Å². The number of hydrogen-bond acceptors (Lipinski definition) is 5. The van der Waals surface area contributed by atoms with E-state index in [4.69, 9.17) is 9.47 Å². The van der Waals surface area contributed by atoms with Crippen molar-refractivity contribution in [1.82, 2.24) is 15.1 Å². The third-order valence-electron chi connectivity index (χ3n) is 5.06. The summed E-state index contributed by atoms with van der Waals surface area (Å²) in [7, 11) is 1.89. The Kier molecular flexibility index (Phi) is 5.25. The van der Waals surface area contributed by atoms with Crippen LogP contribution in [0.1, 0.15) is 52.7 Å². The molecule has 0 saturated heterocycles. The maximum absolute atomic E-state index is 12.1. The van der Waals surface area contributed by atoms with Gasteiger partial charge in [-0.15, -0.1) is 0 Å². The van der Waals surface area contributed by atoms with Gasteiger partial charge in [0.25, 0.3) is 0 Å². The molecule has 1 heterocycles. The van der Waals surface area contributed by atoms with Crippen molar-refractivity contribution in [2.24, 2.45) is 23.9 Å². The largest absolute Gasteiger partial charge is 0.473 e. The summed E-state index contributed by atoms with van der Waals surface area (Å²) in [5.74, 6) is 1.52. The van der Waals surface area contributed by atoms with Crippen LogP contribution in [0.5, 0.6) is 0 Å². The van der Waals surface area contributed by atoms with Crippen molar-refractivity contribution in [2.75, 3.05) is 6.54 Å². The first-order valence-corrected chi connectivity index (χ1v) is 9.45. The zero-order valence-electron chi connectivity index (χ0n) is 16.4. The van der Waals surface area contributed by atoms with Gasteiger partial charge in [0.2, 0.25) is 5.90 Å². The summed E-state index contributed by atoms with van der Waals surface area (Å²) in [6, 6.07) is 2.01. The molecule has 2 saturated carbocycles. The molecule has 4 atom stereocenters. The van der Waals surface area contributed by atoms with Crippen LogP contribution in [-0.4, -0.2) is 46.1 Å². The lowest BCUT2D eigenvalue weighted by Gasteiger charge is -2.31. The second kappa shape index (κ2) is 7.29. The lowest BCUT2D eigenvalue weighted by atomic mass is 9.92. The standard InChI is InChI=1S/C19H30N4O3/c1-6-20-17(15-7-8-21-23(15)5)25-16-11-12-9-13(16)14(10-12)22-18(24)26-19(2,3)4/h7-8,12-14,16H,6,9-11H2,1-5H3,(H,22,24)/t12-,13+,14+,16-/m0/s1. The minimum Gasteiger partial charge on any atom is -0.473 e. The monoisotopic (exact) mass is 362 g/mol. The Morgan fingerprint density at radius 3 is 2.73 bits per heavy atom. The molecule has 1 N–H and O–H groups in total. The molecular weight excluding hydrogens is 332 g/mol. The van der Waals surface area contributed by atoms with E-state index in [1.807, 2.05) is 40.8 Å². The molecule has 2 aliphatic rings. The molecule has 1 amide bonds. The van der Waals surface area contributed by atoms with E-state index in [0.717, 1.165) is 25.0 Å². The topological polar surface area (TPSA) is 77.7 Å². The van der Waals surface area contributed by atoms with E-state index in [0.29, 0.717) is 24.3 Å². The number of fused-ring (bicyclic) bond motifs is 2. The van der Waals surface area contributed by atoms with E-state index >= 15 is 0 Å². The van der Waals surface area contributed by atoms with Crippen molar-refractivity contribution in [3.8, 4) is 0 Å². The molecule has 0 aliphatic heterocycles. The van der Waals surface area contributed by atoms with Gasteiger partial charge < -0.3 is 14.8 Å². The van der Waals surface area contributed by atoms with Gasteiger partial charge in [-0.3, -0.25) is 9.67 Å². The third-order valence-corrected chi connectivity index (χ3v) is 5.06. The van der Waals surface area contributed by atoms with Crippen LogP contribution in [-0.2, 0) is 16.5 Å². The highest BCUT2D eigenvalue weighted by Gasteiger charge is 2.48. The number of carbonyl (C=O) groups excluding carboxylic acids is 1. The van der Waals surface area contributed by atoms with Crippen molar-refractivity contribution < 1.29 is 14.3 Å². The normalized spacial score (nSPS) is 28.3. The number of aryl methyl sites for hydroxylation is 1. The Morgan fingerprint density at radius 1 is 1.38 bits per heavy atom. The fourth-order valence-corrected chi connectivity index (χ4v) is 4.10. The number of nitrogens with zero attached hydrogens (tertiary/aromatic N) is 3. The van der Waals surface area contributed by atoms with E-state index in [1.54, 1.807) is 10.9 Å². The first-order valence-electron chi connectivity index (χ1n) is 9.45. The SMILES string of the molecule is CCN=C(O[C@H]1C[C@H]2C[C@@H]1[C@H](NC(=O)OC(C)(C)C)C2)c1ccnn1C. The smallest absolute Gasteiger partial charge is 0.407 e. The van der Waals surface area contributed by atoms with Crippen molar-refractivity contribution in [2.45, 2.75) is 64.7 Å². The average molecular weight is 362 g/mol. The van der Waals surface area contributed by atoms with E-state index in [1.165, 1.54) is 0 Å². The van der Waals surface area contributed by atoms with Gasteiger partial charge in [-0.25, -0.2) is 4.79 Å². The van der Waals surface area contributed by atoms with Crippen molar-refractivity contribution >= 4 is 12.0 Å². The summed E-state index contributed by atoms with van der Waals surface area (Å²) < 4.78 is 13.5. The maximum atomic E-state index is 12.1. The minimum absolute atomic E-state index is 0.0638. The van der Waals surface area contributed by atoms with Crippen molar-refractivity contribution in [3.63, 3.8) is 0 Å². The van der Waals surface area contributed by atoms with Gasteiger partial charge >= 0.3 is 6.09 Å². The van der Waals surface area contributed by atoms with Crippen LogP contribution in [0.2, 0.25) is 0 Å². The number of carbonyl (C=O) groups is 1. The molecular formula is C19H30N4O3. The van der Waals surface area contributed by atoms with Crippen LogP contribution >= 0.6 is 0 Å². The summed E-state index contributed by atoms with van der Waals surface area (Å²) in [5.41, 5.74) is 0.393. The van der Waals surface area contributed by atoms with Crippen molar-refractivity contribution in [1.29, 1.82) is 0 Å². The molecule has 3 rings (SSSR count). The van der Waals surface area contributed by atoms with E-state index < -0.39 is 5.60 Å². The van der Waals surface area contributed by atoms with Gasteiger partial charge in [0.15, 0.2) is 0 Å². The lowest BCUT2D eigenvalue weighted by Crippen LogP contribution is -2.46. The molecule has 0 aromatic carbocycles. The van der Waals surface area contributed by atoms with Crippen LogP contribution in [0.4, 0.5) is 4.79 Å². The number of amides is 1. The molecule has 7 heteroatoms. The van der Waals surface area contributed by atoms with Gasteiger partial charge in [-0.2, -0.15) is 5.10 Å². The zero-order chi connectivity index (χ0) is 18.9. The number of rotatable bonds is 4. The molecule has 0 radical (unpaired) electrons. The molecule has 7 nitrogen and oxygen atoms in total. The predicted octanol–water partition coefficient (Wildman–Crippen LogP) is 2.90. The van der Waals surface area contributed by atoms with Crippen LogP contribution in [0.25, 0.3) is 0 Å². The van der Waals surface area contributed by atoms with Crippen LogP contribution in [0.3, 0.4) is 0 Å². The van der Waals surface area contributed by atoms with Gasteiger partial charge in [-0.1, -0.05) is 0 Å². The highest BCUT2D eigenvalue weighted by atomic mass is 16.6. The Bertz CT molecular complexity index is 677. The Morgan fingerprint density at radius 2 is 2.15 bits per heavy atom. The number of hydrogen-bond donors (Lipinski definition) is 1. The van der Waals surface area contributed by atoms with Gasteiger partial charge in [0, 0.05) is 31.7 Å². The maximum Gasteiger partial charge on any atom is 0.407 e. The number of aliphatic imine (C=N–C) groups is 1. The van der Waals surface area contributed by atoms with Gasteiger partial charge in [0.1, 0.15) is 17.4 Å². The van der Waals surface area contributed by atoms with Gasteiger partial charge in [0.05, 0.1) is 0 Å². The van der Waals surface area contributed by atoms with Crippen molar-refractivity contribution in [3.05, 3.63) is 18.0 Å². The summed E-state index contributed by atoms with van der Waals surface area (Å²) in [6.45, 7) is 8.27. The minimum atomic E-state index is -0.488. The second-order valence-electron chi connectivity index (χ2n) is 8.27. The highest BCUT2D eigenvalue weighted by molar-refractivity contribution is 5.92. The summed E-state index contributed by atoms with van der Waals surface area (Å²) in [4.78, 5) is 16.7. The molecule has 2 aliphatic carbocycles. The quantitative estimate of drug-likeness (QED) is 0.660. The van der Waals surface area contributed by atoms with E-state index in [2.05, 4.69) is 15.4 Å². The fourth-order valence-electron chi connectivity index (χ4n) is 4.10. The fraction of sp³-hybridized carbons (Fsp3) is 0.737. The molecule has 2 bridgehead atoms. The third kappa shape index (κ3) is 4.19. The number of nitrogens with one attached hydrogen (secondary N) is 1. The van der Waals surface area contributed by atoms with Crippen LogP contribution < -0.4 is 5.32 Å². The molecule has 0 spiro atoms. The molecule has 2 fully saturated rings. The summed E-state index contributed by atoms with van der Waals surface area (Å²) in [5, 5.41) is 7.26. The number of alkyl carbamates (subject to hydrolysis) is 1. The molecule has 1 aromatic heterocycles. The Hall–Kier alpha value is -2.05. The Labute approximate surface area is 155 Å². The number of ether oxygens (including phenoxy) is 2. The zero-order valence-corrected chi connectivity index (χ0v) is 16.4. The summed E-state index contributed by atoms with van der Waals surface area (Å²) >= 11 is 0. The Balaban J connectivity index is 1.65. The highest BCUT2D eigenvalue weighted by Crippen LogP contribution is 2.46. The molecule has 26 heavy (non-hydrogen) atoms.